The minimum Gasteiger partial charge on any atom is -0.351 e. The van der Waals surface area contributed by atoms with Gasteiger partial charge in [0.1, 0.15) is 0 Å². The number of nitrogens with one attached hydrogen (secondary N) is 1. The van der Waals surface area contributed by atoms with Crippen molar-refractivity contribution in [3.8, 4) is 0 Å². The van der Waals surface area contributed by atoms with Crippen molar-refractivity contribution < 1.29 is 4.79 Å². The van der Waals surface area contributed by atoms with E-state index >= 15 is 0 Å². The minimum atomic E-state index is -0.112. The largest absolute Gasteiger partial charge is 0.351 e. The first-order chi connectivity index (χ1) is 8.25. The Hall–Kier alpha value is -1.13. The molecule has 1 amide bonds. The van der Waals surface area contributed by atoms with E-state index in [0.29, 0.717) is 17.1 Å². The van der Waals surface area contributed by atoms with E-state index in [-0.39, 0.29) is 5.91 Å². The van der Waals surface area contributed by atoms with Crippen molar-refractivity contribution in [3.05, 3.63) is 29.0 Å². The van der Waals surface area contributed by atoms with E-state index in [1.54, 1.807) is 6.07 Å². The Morgan fingerprint density at radius 2 is 2.18 bits per heavy atom. The molecule has 4 nitrogen and oxygen atoms in total. The van der Waals surface area contributed by atoms with Gasteiger partial charge in [-0.1, -0.05) is 11.6 Å². The number of aromatic nitrogens is 1. The lowest BCUT2D eigenvalue weighted by Gasteiger charge is -2.14. The van der Waals surface area contributed by atoms with Crippen molar-refractivity contribution in [1.29, 1.82) is 0 Å². The third kappa shape index (κ3) is 3.68. The van der Waals surface area contributed by atoms with Gasteiger partial charge < -0.3 is 10.2 Å². The lowest BCUT2D eigenvalue weighted by molar-refractivity contribution is 0.0949. The molecule has 92 valence electrons. The van der Waals surface area contributed by atoms with Gasteiger partial charge in [-0.3, -0.25) is 9.78 Å². The normalized spacial score (nSPS) is 16.1. The maximum atomic E-state index is 11.7. The second-order valence-electron chi connectivity index (χ2n) is 4.20. The van der Waals surface area contributed by atoms with Crippen LogP contribution in [0.4, 0.5) is 0 Å². The summed E-state index contributed by atoms with van der Waals surface area (Å²) in [6.45, 7) is 3.88. The van der Waals surface area contributed by atoms with Crippen LogP contribution in [0.1, 0.15) is 23.2 Å². The molecular formula is C12H16ClN3O. The highest BCUT2D eigenvalue weighted by molar-refractivity contribution is 6.30. The SMILES string of the molecule is O=C(NCCN1CCCC1)c1cncc(Cl)c1. The lowest BCUT2D eigenvalue weighted by Crippen LogP contribution is -2.33. The molecule has 1 aliphatic heterocycles. The molecule has 0 unspecified atom stereocenters. The highest BCUT2D eigenvalue weighted by atomic mass is 35.5. The molecule has 1 fully saturated rings. The summed E-state index contributed by atoms with van der Waals surface area (Å²) < 4.78 is 0. The van der Waals surface area contributed by atoms with Crippen LogP contribution in [0.2, 0.25) is 5.02 Å². The molecule has 2 heterocycles. The van der Waals surface area contributed by atoms with Gasteiger partial charge in [0.15, 0.2) is 0 Å². The monoisotopic (exact) mass is 253 g/mol. The molecule has 1 aromatic heterocycles. The Balaban J connectivity index is 1.77. The van der Waals surface area contributed by atoms with Gasteiger partial charge in [0, 0.05) is 25.5 Å². The van der Waals surface area contributed by atoms with Crippen LogP contribution >= 0.6 is 11.6 Å². The zero-order valence-corrected chi connectivity index (χ0v) is 10.4. The molecular weight excluding hydrogens is 238 g/mol. The number of halogens is 1. The number of hydrogen-bond donors (Lipinski definition) is 1. The molecule has 0 spiro atoms. The molecule has 0 bridgehead atoms. The molecule has 5 heteroatoms. The van der Waals surface area contributed by atoms with E-state index < -0.39 is 0 Å². The number of likely N-dealkylation sites (tertiary alicyclic amines) is 1. The van der Waals surface area contributed by atoms with E-state index in [2.05, 4.69) is 15.2 Å². The number of carbonyl (C=O) groups excluding carboxylic acids is 1. The van der Waals surface area contributed by atoms with Gasteiger partial charge in [0.25, 0.3) is 5.91 Å². The van der Waals surface area contributed by atoms with Crippen LogP contribution in [-0.2, 0) is 0 Å². The minimum absolute atomic E-state index is 0.112. The van der Waals surface area contributed by atoms with Gasteiger partial charge in [-0.15, -0.1) is 0 Å². The van der Waals surface area contributed by atoms with Gasteiger partial charge in [0.05, 0.1) is 10.6 Å². The number of rotatable bonds is 4. The molecule has 1 N–H and O–H groups in total. The summed E-state index contributed by atoms with van der Waals surface area (Å²) in [6, 6.07) is 1.62. The maximum Gasteiger partial charge on any atom is 0.252 e. The molecule has 17 heavy (non-hydrogen) atoms. The van der Waals surface area contributed by atoms with Gasteiger partial charge in [-0.2, -0.15) is 0 Å². The average Bonchev–Trinajstić information content (AvgIpc) is 2.82. The number of nitrogens with zero attached hydrogens (tertiary/aromatic N) is 2. The molecule has 0 radical (unpaired) electrons. The Labute approximate surface area is 106 Å². The summed E-state index contributed by atoms with van der Waals surface area (Å²) in [4.78, 5) is 18.0. The number of carbonyl (C=O) groups is 1. The van der Waals surface area contributed by atoms with Crippen LogP contribution < -0.4 is 5.32 Å². The van der Waals surface area contributed by atoms with Crippen LogP contribution in [0.3, 0.4) is 0 Å². The average molecular weight is 254 g/mol. The van der Waals surface area contributed by atoms with E-state index in [0.717, 1.165) is 19.6 Å². The molecule has 0 aliphatic carbocycles. The molecule has 0 aromatic carbocycles. The summed E-state index contributed by atoms with van der Waals surface area (Å²) in [5.74, 6) is -0.112. The standard InChI is InChI=1S/C12H16ClN3O/c13-11-7-10(8-14-9-11)12(17)15-3-6-16-4-1-2-5-16/h7-9H,1-6H2,(H,15,17). The molecule has 2 rings (SSSR count). The fraction of sp³-hybridized carbons (Fsp3) is 0.500. The maximum absolute atomic E-state index is 11.7. The Morgan fingerprint density at radius 1 is 1.41 bits per heavy atom. The zero-order chi connectivity index (χ0) is 12.1. The van der Waals surface area contributed by atoms with E-state index in [4.69, 9.17) is 11.6 Å². The summed E-state index contributed by atoms with van der Waals surface area (Å²) in [5.41, 5.74) is 0.513. The van der Waals surface area contributed by atoms with Crippen LogP contribution in [0.15, 0.2) is 18.5 Å². The van der Waals surface area contributed by atoms with Gasteiger partial charge in [-0.25, -0.2) is 0 Å². The summed E-state index contributed by atoms with van der Waals surface area (Å²) in [5, 5.41) is 3.36. The van der Waals surface area contributed by atoms with E-state index in [1.165, 1.54) is 25.2 Å². The number of pyridine rings is 1. The first kappa shape index (κ1) is 12.3. The third-order valence-corrected chi connectivity index (χ3v) is 3.09. The van der Waals surface area contributed by atoms with Crippen molar-refractivity contribution >= 4 is 17.5 Å². The van der Waals surface area contributed by atoms with E-state index in [9.17, 15) is 4.79 Å². The highest BCUT2D eigenvalue weighted by Gasteiger charge is 2.11. The molecule has 0 saturated carbocycles. The second kappa shape index (κ2) is 5.98. The fourth-order valence-electron chi connectivity index (χ4n) is 1.97. The van der Waals surface area contributed by atoms with Crippen LogP contribution in [0.5, 0.6) is 0 Å². The predicted octanol–water partition coefficient (Wildman–Crippen LogP) is 1.56. The number of hydrogen-bond acceptors (Lipinski definition) is 3. The zero-order valence-electron chi connectivity index (χ0n) is 9.66. The lowest BCUT2D eigenvalue weighted by atomic mass is 10.2. The van der Waals surface area contributed by atoms with Gasteiger partial charge in [-0.05, 0) is 32.0 Å². The van der Waals surface area contributed by atoms with Crippen LogP contribution in [0.25, 0.3) is 0 Å². The number of amides is 1. The summed E-state index contributed by atoms with van der Waals surface area (Å²) in [6.07, 6.45) is 5.58. The van der Waals surface area contributed by atoms with Crippen molar-refractivity contribution in [2.45, 2.75) is 12.8 Å². The Kier molecular flexibility index (Phi) is 4.34. The first-order valence-corrected chi connectivity index (χ1v) is 6.24. The predicted molar refractivity (Wildman–Crippen MR) is 67.3 cm³/mol. The quantitative estimate of drug-likeness (QED) is 0.886. The van der Waals surface area contributed by atoms with Crippen LogP contribution in [-0.4, -0.2) is 42.0 Å². The Morgan fingerprint density at radius 3 is 2.88 bits per heavy atom. The van der Waals surface area contributed by atoms with Crippen molar-refractivity contribution in [2.24, 2.45) is 0 Å². The van der Waals surface area contributed by atoms with E-state index in [1.807, 2.05) is 0 Å². The topological polar surface area (TPSA) is 45.2 Å². The fourth-order valence-corrected chi connectivity index (χ4v) is 2.15. The van der Waals surface area contributed by atoms with Crippen LogP contribution in [0, 0.1) is 0 Å². The van der Waals surface area contributed by atoms with Gasteiger partial charge >= 0.3 is 0 Å². The van der Waals surface area contributed by atoms with Crippen molar-refractivity contribution in [2.75, 3.05) is 26.2 Å². The highest BCUT2D eigenvalue weighted by Crippen LogP contribution is 2.08. The molecule has 0 atom stereocenters. The molecule has 1 aromatic rings. The molecule has 1 aliphatic rings. The smallest absolute Gasteiger partial charge is 0.252 e. The van der Waals surface area contributed by atoms with Crippen molar-refractivity contribution in [3.63, 3.8) is 0 Å². The van der Waals surface area contributed by atoms with Gasteiger partial charge in [0.2, 0.25) is 0 Å². The summed E-state index contributed by atoms with van der Waals surface area (Å²) in [7, 11) is 0. The third-order valence-electron chi connectivity index (χ3n) is 2.88. The Bertz CT molecular complexity index is 391. The second-order valence-corrected chi connectivity index (χ2v) is 4.63. The molecule has 1 saturated heterocycles. The first-order valence-electron chi connectivity index (χ1n) is 5.87. The van der Waals surface area contributed by atoms with Crippen molar-refractivity contribution in [1.82, 2.24) is 15.2 Å². The summed E-state index contributed by atoms with van der Waals surface area (Å²) >= 11 is 5.78.